The van der Waals surface area contributed by atoms with Gasteiger partial charge in [0, 0.05) is 12.6 Å². The van der Waals surface area contributed by atoms with Gasteiger partial charge in [-0.15, -0.1) is 10.2 Å². The number of halogens is 2. The Labute approximate surface area is 110 Å². The van der Waals surface area contributed by atoms with E-state index in [0.717, 1.165) is 12.5 Å². The van der Waals surface area contributed by atoms with Crippen molar-refractivity contribution in [3.63, 3.8) is 0 Å². The minimum Gasteiger partial charge on any atom is -0.351 e. The molecule has 0 aromatic carbocycles. The van der Waals surface area contributed by atoms with E-state index in [1.54, 1.807) is 0 Å². The summed E-state index contributed by atoms with van der Waals surface area (Å²) in [5, 5.41) is 8.05. The zero-order chi connectivity index (χ0) is 11.8. The second-order valence-electron chi connectivity index (χ2n) is 4.79. The second kappa shape index (κ2) is 4.58. The molecule has 2 heterocycles. The van der Waals surface area contributed by atoms with Gasteiger partial charge >= 0.3 is 0 Å². The summed E-state index contributed by atoms with van der Waals surface area (Å²) in [5.74, 6) is 1.50. The van der Waals surface area contributed by atoms with Crippen LogP contribution < -0.4 is 4.90 Å². The van der Waals surface area contributed by atoms with E-state index < -0.39 is 0 Å². The Morgan fingerprint density at radius 2 is 1.88 bits per heavy atom. The summed E-state index contributed by atoms with van der Waals surface area (Å²) in [7, 11) is 0. The fourth-order valence-corrected chi connectivity index (χ4v) is 3.49. The van der Waals surface area contributed by atoms with E-state index in [4.69, 9.17) is 23.2 Å². The fraction of sp³-hybridized carbons (Fsp3) is 0.727. The number of hydrogen-bond donors (Lipinski definition) is 0. The van der Waals surface area contributed by atoms with Crippen LogP contribution in [0.3, 0.4) is 0 Å². The predicted molar refractivity (Wildman–Crippen MR) is 67.6 cm³/mol. The summed E-state index contributed by atoms with van der Waals surface area (Å²) in [5.41, 5.74) is 0. The second-order valence-corrected chi connectivity index (χ2v) is 5.49. The average molecular weight is 273 g/mol. The number of fused-ring (bicyclic) bond motifs is 1. The van der Waals surface area contributed by atoms with Crippen molar-refractivity contribution in [2.75, 3.05) is 11.4 Å². The number of hydrogen-bond acceptors (Lipinski definition) is 4. The normalized spacial score (nSPS) is 28.2. The minimum atomic E-state index is 0.171. The summed E-state index contributed by atoms with van der Waals surface area (Å²) >= 11 is 11.9. The Balaban J connectivity index is 1.94. The first kappa shape index (κ1) is 11.5. The maximum absolute atomic E-state index is 6.08. The highest BCUT2D eigenvalue weighted by Gasteiger charge is 2.36. The van der Waals surface area contributed by atoms with E-state index >= 15 is 0 Å². The molecule has 1 saturated carbocycles. The van der Waals surface area contributed by atoms with Gasteiger partial charge < -0.3 is 4.90 Å². The molecule has 1 aromatic rings. The average Bonchev–Trinajstić information content (AvgIpc) is 2.80. The first-order valence-electron chi connectivity index (χ1n) is 6.08. The van der Waals surface area contributed by atoms with Gasteiger partial charge in [-0.1, -0.05) is 18.0 Å². The lowest BCUT2D eigenvalue weighted by Gasteiger charge is -2.38. The van der Waals surface area contributed by atoms with E-state index in [-0.39, 0.29) is 5.28 Å². The topological polar surface area (TPSA) is 41.9 Å². The molecule has 1 aliphatic heterocycles. The molecule has 0 bridgehead atoms. The molecule has 1 aromatic heterocycles. The highest BCUT2D eigenvalue weighted by atomic mass is 35.5. The number of rotatable bonds is 1. The van der Waals surface area contributed by atoms with Crippen molar-refractivity contribution in [2.45, 2.75) is 38.1 Å². The van der Waals surface area contributed by atoms with Crippen LogP contribution in [0.25, 0.3) is 0 Å². The van der Waals surface area contributed by atoms with Crippen LogP contribution in [-0.4, -0.2) is 27.8 Å². The molecule has 0 radical (unpaired) electrons. The third-order valence-electron chi connectivity index (χ3n) is 3.87. The molecule has 1 aliphatic carbocycles. The molecule has 2 atom stereocenters. The molecule has 0 amide bonds. The smallest absolute Gasteiger partial charge is 0.245 e. The van der Waals surface area contributed by atoms with Crippen LogP contribution in [0.5, 0.6) is 0 Å². The zero-order valence-electron chi connectivity index (χ0n) is 9.44. The number of nitrogens with zero attached hydrogens (tertiary/aromatic N) is 4. The molecule has 2 aliphatic rings. The Hall–Kier alpha value is -0.610. The van der Waals surface area contributed by atoms with Gasteiger partial charge in [-0.05, 0) is 43.2 Å². The number of aromatic nitrogens is 3. The van der Waals surface area contributed by atoms with Gasteiger partial charge in [0.1, 0.15) is 0 Å². The summed E-state index contributed by atoms with van der Waals surface area (Å²) < 4.78 is 0. The van der Waals surface area contributed by atoms with Gasteiger partial charge in [0.25, 0.3) is 0 Å². The van der Waals surface area contributed by atoms with Gasteiger partial charge in [-0.3, -0.25) is 0 Å². The number of piperidine rings is 1. The van der Waals surface area contributed by atoms with Crippen molar-refractivity contribution in [3.05, 3.63) is 10.4 Å². The Bertz CT molecular complexity index is 426. The molecule has 0 N–H and O–H groups in total. The quantitative estimate of drug-likeness (QED) is 0.789. The van der Waals surface area contributed by atoms with E-state index in [9.17, 15) is 0 Å². The third kappa shape index (κ3) is 2.08. The van der Waals surface area contributed by atoms with Gasteiger partial charge in [-0.2, -0.15) is 4.98 Å². The molecule has 3 rings (SSSR count). The first-order valence-corrected chi connectivity index (χ1v) is 6.83. The van der Waals surface area contributed by atoms with Crippen LogP contribution in [-0.2, 0) is 0 Å². The van der Waals surface area contributed by atoms with Crippen molar-refractivity contribution >= 4 is 29.0 Å². The Kier molecular flexibility index (Phi) is 3.09. The van der Waals surface area contributed by atoms with Crippen molar-refractivity contribution in [1.29, 1.82) is 0 Å². The molecule has 2 fully saturated rings. The summed E-state index contributed by atoms with van der Waals surface area (Å²) in [6.07, 6.45) is 6.37. The highest BCUT2D eigenvalue weighted by molar-refractivity contribution is 6.32. The van der Waals surface area contributed by atoms with Crippen LogP contribution in [0.15, 0.2) is 0 Å². The summed E-state index contributed by atoms with van der Waals surface area (Å²) in [6, 6.07) is 0.564. The summed E-state index contributed by atoms with van der Waals surface area (Å²) in [4.78, 5) is 6.52. The predicted octanol–water partition coefficient (Wildman–Crippen LogP) is 2.95. The molecule has 1 saturated heterocycles. The van der Waals surface area contributed by atoms with Crippen LogP contribution >= 0.6 is 23.2 Å². The molecule has 17 heavy (non-hydrogen) atoms. The van der Waals surface area contributed by atoms with Crippen LogP contribution in [0, 0.1) is 5.92 Å². The Morgan fingerprint density at radius 3 is 2.76 bits per heavy atom. The maximum atomic E-state index is 6.08. The lowest BCUT2D eigenvalue weighted by Crippen LogP contribution is -2.43. The maximum Gasteiger partial charge on any atom is 0.245 e. The summed E-state index contributed by atoms with van der Waals surface area (Å²) in [6.45, 7) is 0.996. The third-order valence-corrected chi connectivity index (χ3v) is 4.27. The van der Waals surface area contributed by atoms with E-state index in [1.165, 1.54) is 32.1 Å². The fourth-order valence-electron chi connectivity index (χ4n) is 3.19. The van der Waals surface area contributed by atoms with Crippen molar-refractivity contribution in [2.24, 2.45) is 5.92 Å². The van der Waals surface area contributed by atoms with Crippen LogP contribution in [0.1, 0.15) is 32.1 Å². The van der Waals surface area contributed by atoms with E-state index in [2.05, 4.69) is 20.1 Å². The lowest BCUT2D eigenvalue weighted by atomic mass is 9.92. The van der Waals surface area contributed by atoms with Crippen molar-refractivity contribution in [3.8, 4) is 0 Å². The molecule has 6 heteroatoms. The largest absolute Gasteiger partial charge is 0.351 e. The van der Waals surface area contributed by atoms with Crippen molar-refractivity contribution in [1.82, 2.24) is 15.2 Å². The standard InChI is InChI=1S/C11H14Cl2N4/c12-9-10(14-11(13)16-15-9)17-6-2-4-7-3-1-5-8(7)17/h7-8H,1-6H2. The van der Waals surface area contributed by atoms with Gasteiger partial charge in [0.15, 0.2) is 11.0 Å². The molecular weight excluding hydrogens is 259 g/mol. The van der Waals surface area contributed by atoms with Gasteiger partial charge in [0.05, 0.1) is 0 Å². The molecule has 2 unspecified atom stereocenters. The van der Waals surface area contributed by atoms with Gasteiger partial charge in [0.2, 0.25) is 5.28 Å². The molecule has 92 valence electrons. The molecule has 4 nitrogen and oxygen atoms in total. The van der Waals surface area contributed by atoms with E-state index in [1.807, 2.05) is 0 Å². The Morgan fingerprint density at radius 1 is 1.06 bits per heavy atom. The SMILES string of the molecule is Clc1nnc(Cl)c(N2CCCC3CCCC32)n1. The minimum absolute atomic E-state index is 0.171. The van der Waals surface area contributed by atoms with E-state index in [0.29, 0.717) is 17.0 Å². The van der Waals surface area contributed by atoms with Crippen LogP contribution in [0.2, 0.25) is 10.4 Å². The zero-order valence-corrected chi connectivity index (χ0v) is 11.0. The van der Waals surface area contributed by atoms with Gasteiger partial charge in [-0.25, -0.2) is 0 Å². The van der Waals surface area contributed by atoms with Crippen molar-refractivity contribution < 1.29 is 0 Å². The first-order chi connectivity index (χ1) is 8.25. The lowest BCUT2D eigenvalue weighted by molar-refractivity contribution is 0.360. The monoisotopic (exact) mass is 272 g/mol. The highest BCUT2D eigenvalue weighted by Crippen LogP contribution is 2.39. The molecule has 0 spiro atoms. The molecular formula is C11H14Cl2N4. The van der Waals surface area contributed by atoms with Crippen LogP contribution in [0.4, 0.5) is 5.82 Å². The number of anilines is 1.